The van der Waals surface area contributed by atoms with Crippen molar-refractivity contribution in [2.24, 2.45) is 5.73 Å². The van der Waals surface area contributed by atoms with Gasteiger partial charge in [0.05, 0.1) is 17.0 Å². The Morgan fingerprint density at radius 2 is 1.54 bits per heavy atom. The maximum Gasteiger partial charge on any atom is 0.250 e. The van der Waals surface area contributed by atoms with Crippen LogP contribution < -0.4 is 10.5 Å². The molecule has 0 atom stereocenters. The molecule has 0 saturated carbocycles. The topological polar surface area (TPSA) is 65.2 Å². The second-order valence-electron chi connectivity index (χ2n) is 5.27. The molecule has 1 amide bonds. The van der Waals surface area contributed by atoms with Crippen molar-refractivity contribution in [1.29, 1.82) is 0 Å². The number of ether oxygens (including phenoxy) is 1. The second kappa shape index (κ2) is 6.50. The molecule has 0 fully saturated rings. The van der Waals surface area contributed by atoms with Gasteiger partial charge in [0.15, 0.2) is 0 Å². The van der Waals surface area contributed by atoms with Crippen molar-refractivity contribution in [2.45, 2.75) is 6.92 Å². The number of halogens is 1. The number of aryl methyl sites for hydroxylation is 1. The summed E-state index contributed by atoms with van der Waals surface area (Å²) in [5, 5.41) is 0. The van der Waals surface area contributed by atoms with E-state index in [-0.39, 0.29) is 5.82 Å². The molecular weight excluding hydrogens is 307 g/mol. The molecule has 0 aliphatic heterocycles. The van der Waals surface area contributed by atoms with Crippen molar-refractivity contribution in [3.63, 3.8) is 0 Å². The Labute approximate surface area is 138 Å². The lowest BCUT2D eigenvalue weighted by molar-refractivity contribution is 0.0999. The SMILES string of the molecule is Cc1nc(-c2ccc(Oc3ccc(F)cc3)cc2)ccc1C(N)=O. The van der Waals surface area contributed by atoms with Crippen molar-refractivity contribution in [3.8, 4) is 22.8 Å². The predicted molar refractivity (Wildman–Crippen MR) is 89.4 cm³/mol. The summed E-state index contributed by atoms with van der Waals surface area (Å²) < 4.78 is 18.5. The standard InChI is InChI=1S/C19H15FN2O2/c1-12-17(19(21)23)10-11-18(22-12)13-2-6-15(7-3-13)24-16-8-4-14(20)5-9-16/h2-11H,1H3,(H2,21,23). The summed E-state index contributed by atoms with van der Waals surface area (Å²) in [5.41, 5.74) is 7.92. The molecule has 0 unspecified atom stereocenters. The molecule has 3 rings (SSSR count). The van der Waals surface area contributed by atoms with Gasteiger partial charge in [0.25, 0.3) is 5.91 Å². The fourth-order valence-electron chi connectivity index (χ4n) is 2.31. The van der Waals surface area contributed by atoms with Crippen LogP contribution in [0.3, 0.4) is 0 Å². The van der Waals surface area contributed by atoms with Gasteiger partial charge in [-0.15, -0.1) is 0 Å². The number of nitrogens with two attached hydrogens (primary N) is 1. The summed E-state index contributed by atoms with van der Waals surface area (Å²) in [6.45, 7) is 1.75. The van der Waals surface area contributed by atoms with E-state index in [0.29, 0.717) is 22.8 Å². The monoisotopic (exact) mass is 322 g/mol. The first kappa shape index (κ1) is 15.7. The van der Waals surface area contributed by atoms with Gasteiger partial charge in [-0.05, 0) is 67.6 Å². The van der Waals surface area contributed by atoms with Gasteiger partial charge in [0.2, 0.25) is 0 Å². The number of benzene rings is 2. The van der Waals surface area contributed by atoms with Crippen LogP contribution >= 0.6 is 0 Å². The highest BCUT2D eigenvalue weighted by molar-refractivity contribution is 5.94. The number of amides is 1. The molecule has 5 heteroatoms. The Morgan fingerprint density at radius 1 is 0.958 bits per heavy atom. The summed E-state index contributed by atoms with van der Waals surface area (Å²) in [5.74, 6) is 0.396. The van der Waals surface area contributed by atoms with E-state index in [1.165, 1.54) is 12.1 Å². The fourth-order valence-corrected chi connectivity index (χ4v) is 2.31. The number of pyridine rings is 1. The lowest BCUT2D eigenvalue weighted by Gasteiger charge is -2.08. The van der Waals surface area contributed by atoms with Crippen LogP contribution in [0.4, 0.5) is 4.39 Å². The van der Waals surface area contributed by atoms with Crippen LogP contribution in [0, 0.1) is 12.7 Å². The highest BCUT2D eigenvalue weighted by Gasteiger charge is 2.08. The van der Waals surface area contributed by atoms with Crippen LogP contribution in [0.5, 0.6) is 11.5 Å². The molecular formula is C19H15FN2O2. The predicted octanol–water partition coefficient (Wildman–Crippen LogP) is 4.09. The molecule has 4 nitrogen and oxygen atoms in total. The first-order valence-electron chi connectivity index (χ1n) is 7.34. The minimum absolute atomic E-state index is 0.307. The first-order chi connectivity index (χ1) is 11.5. The van der Waals surface area contributed by atoms with Crippen LogP contribution in [-0.4, -0.2) is 10.9 Å². The van der Waals surface area contributed by atoms with Crippen LogP contribution in [0.15, 0.2) is 60.7 Å². The molecule has 3 aromatic rings. The van der Waals surface area contributed by atoms with Crippen molar-refractivity contribution < 1.29 is 13.9 Å². The van der Waals surface area contributed by atoms with Crippen LogP contribution in [0.25, 0.3) is 11.3 Å². The third kappa shape index (κ3) is 3.41. The molecule has 0 aliphatic carbocycles. The number of rotatable bonds is 4. The van der Waals surface area contributed by atoms with Gasteiger partial charge in [-0.1, -0.05) is 0 Å². The van der Waals surface area contributed by atoms with Crippen LogP contribution in [0.1, 0.15) is 16.1 Å². The Morgan fingerprint density at radius 3 is 2.08 bits per heavy atom. The average Bonchev–Trinajstić information content (AvgIpc) is 2.57. The number of carbonyl (C=O) groups is 1. The molecule has 2 N–H and O–H groups in total. The van der Waals surface area contributed by atoms with Crippen molar-refractivity contribution in [3.05, 3.63) is 77.7 Å². The van der Waals surface area contributed by atoms with E-state index < -0.39 is 5.91 Å². The second-order valence-corrected chi connectivity index (χ2v) is 5.27. The minimum atomic E-state index is -0.491. The average molecular weight is 322 g/mol. The van der Waals surface area contributed by atoms with Crippen molar-refractivity contribution >= 4 is 5.91 Å². The van der Waals surface area contributed by atoms with E-state index in [9.17, 15) is 9.18 Å². The van der Waals surface area contributed by atoms with E-state index >= 15 is 0 Å². The van der Waals surface area contributed by atoms with Gasteiger partial charge < -0.3 is 10.5 Å². The Bertz CT molecular complexity index is 875. The zero-order chi connectivity index (χ0) is 17.1. The maximum absolute atomic E-state index is 12.9. The quantitative estimate of drug-likeness (QED) is 0.787. The Hall–Kier alpha value is -3.21. The van der Waals surface area contributed by atoms with Crippen LogP contribution in [-0.2, 0) is 0 Å². The van der Waals surface area contributed by atoms with Crippen molar-refractivity contribution in [2.75, 3.05) is 0 Å². The lowest BCUT2D eigenvalue weighted by atomic mass is 10.1. The third-order valence-electron chi connectivity index (χ3n) is 3.55. The van der Waals surface area contributed by atoms with Gasteiger partial charge >= 0.3 is 0 Å². The highest BCUT2D eigenvalue weighted by atomic mass is 19.1. The highest BCUT2D eigenvalue weighted by Crippen LogP contribution is 2.25. The van der Waals surface area contributed by atoms with E-state index in [1.54, 1.807) is 43.3 Å². The minimum Gasteiger partial charge on any atom is -0.457 e. The molecule has 0 saturated heterocycles. The van der Waals surface area contributed by atoms with Crippen LogP contribution in [0.2, 0.25) is 0 Å². The molecule has 0 radical (unpaired) electrons. The third-order valence-corrected chi connectivity index (χ3v) is 3.55. The van der Waals surface area contributed by atoms with Gasteiger partial charge in [-0.25, -0.2) is 4.39 Å². The summed E-state index contributed by atoms with van der Waals surface area (Å²) >= 11 is 0. The van der Waals surface area contributed by atoms with E-state index in [0.717, 1.165) is 11.3 Å². The summed E-state index contributed by atoms with van der Waals surface area (Å²) in [6, 6.07) is 16.6. The lowest BCUT2D eigenvalue weighted by Crippen LogP contribution is -2.13. The van der Waals surface area contributed by atoms with Crippen molar-refractivity contribution in [1.82, 2.24) is 4.98 Å². The number of aromatic nitrogens is 1. The summed E-state index contributed by atoms with van der Waals surface area (Å²) in [6.07, 6.45) is 0. The fraction of sp³-hybridized carbons (Fsp3) is 0.0526. The van der Waals surface area contributed by atoms with E-state index in [4.69, 9.17) is 10.5 Å². The largest absolute Gasteiger partial charge is 0.457 e. The van der Waals surface area contributed by atoms with Gasteiger partial charge in [0.1, 0.15) is 17.3 Å². The number of primary amides is 1. The Kier molecular flexibility index (Phi) is 4.24. The first-order valence-corrected chi connectivity index (χ1v) is 7.34. The normalized spacial score (nSPS) is 10.4. The molecule has 120 valence electrons. The van der Waals surface area contributed by atoms with E-state index in [2.05, 4.69) is 4.98 Å². The zero-order valence-corrected chi connectivity index (χ0v) is 13.0. The molecule has 24 heavy (non-hydrogen) atoms. The molecule has 0 aliphatic rings. The smallest absolute Gasteiger partial charge is 0.250 e. The number of hydrogen-bond donors (Lipinski definition) is 1. The van der Waals surface area contributed by atoms with Gasteiger partial charge in [-0.2, -0.15) is 0 Å². The molecule has 1 aromatic heterocycles. The van der Waals surface area contributed by atoms with Gasteiger partial charge in [-0.3, -0.25) is 9.78 Å². The Balaban J connectivity index is 1.80. The van der Waals surface area contributed by atoms with Gasteiger partial charge in [0, 0.05) is 5.56 Å². The summed E-state index contributed by atoms with van der Waals surface area (Å²) in [4.78, 5) is 15.7. The molecule has 0 bridgehead atoms. The summed E-state index contributed by atoms with van der Waals surface area (Å²) in [7, 11) is 0. The molecule has 2 aromatic carbocycles. The van der Waals surface area contributed by atoms with E-state index in [1.807, 2.05) is 12.1 Å². The molecule has 0 spiro atoms. The maximum atomic E-state index is 12.9. The number of hydrogen-bond acceptors (Lipinski definition) is 3. The zero-order valence-electron chi connectivity index (χ0n) is 13.0. The molecule has 1 heterocycles. The number of nitrogens with zero attached hydrogens (tertiary/aromatic N) is 1. The number of carbonyl (C=O) groups excluding carboxylic acids is 1.